The molecule has 4 heteroatoms. The second-order valence-electron chi connectivity index (χ2n) is 4.56. The molecule has 4 nitrogen and oxygen atoms in total. The first-order valence-electron chi connectivity index (χ1n) is 6.05. The summed E-state index contributed by atoms with van der Waals surface area (Å²) >= 11 is 0. The molecule has 1 atom stereocenters. The van der Waals surface area contributed by atoms with Crippen molar-refractivity contribution in [3.63, 3.8) is 0 Å². The molecule has 0 aromatic heterocycles. The van der Waals surface area contributed by atoms with Crippen LogP contribution in [-0.2, 0) is 9.53 Å². The minimum atomic E-state index is -0.153. The second kappa shape index (κ2) is 5.21. The maximum Gasteiger partial charge on any atom is 0.310 e. The summed E-state index contributed by atoms with van der Waals surface area (Å²) in [6.45, 7) is 3.04. The van der Waals surface area contributed by atoms with E-state index in [2.05, 4.69) is 4.90 Å². The summed E-state index contributed by atoms with van der Waals surface area (Å²) in [6.07, 6.45) is 0.803. The van der Waals surface area contributed by atoms with Crippen LogP contribution < -0.4 is 4.90 Å². The van der Waals surface area contributed by atoms with Crippen molar-refractivity contribution in [2.45, 2.75) is 13.3 Å². The van der Waals surface area contributed by atoms with Crippen LogP contribution in [0.1, 0.15) is 23.7 Å². The van der Waals surface area contributed by atoms with Gasteiger partial charge in [0, 0.05) is 24.3 Å². The third kappa shape index (κ3) is 2.53. The number of rotatable bonds is 3. The van der Waals surface area contributed by atoms with Crippen molar-refractivity contribution in [1.82, 2.24) is 0 Å². The number of carbonyl (C=O) groups is 2. The predicted octanol–water partition coefficient (Wildman–Crippen LogP) is 1.89. The largest absolute Gasteiger partial charge is 0.469 e. The molecule has 1 fully saturated rings. The van der Waals surface area contributed by atoms with E-state index in [9.17, 15) is 9.59 Å². The maximum atomic E-state index is 11.5. The third-order valence-electron chi connectivity index (χ3n) is 3.34. The van der Waals surface area contributed by atoms with E-state index in [1.807, 2.05) is 18.2 Å². The minimum Gasteiger partial charge on any atom is -0.469 e. The molecule has 1 heterocycles. The Morgan fingerprint density at radius 1 is 1.39 bits per heavy atom. The number of benzene rings is 1. The predicted molar refractivity (Wildman–Crippen MR) is 68.8 cm³/mol. The van der Waals surface area contributed by atoms with Gasteiger partial charge in [-0.3, -0.25) is 9.59 Å². The van der Waals surface area contributed by atoms with Crippen molar-refractivity contribution >= 4 is 17.4 Å². The normalized spacial score (nSPS) is 18.8. The third-order valence-corrected chi connectivity index (χ3v) is 3.34. The van der Waals surface area contributed by atoms with E-state index in [0.29, 0.717) is 12.1 Å². The molecule has 1 aliphatic heterocycles. The molecule has 0 bridgehead atoms. The van der Waals surface area contributed by atoms with E-state index in [-0.39, 0.29) is 17.7 Å². The standard InChI is InChI=1S/C14H17NO3/c1-10(16)11-4-3-5-13(8-11)15-7-6-12(9-15)14(17)18-2/h3-5,8,12H,6-7,9H2,1-2H3. The average molecular weight is 247 g/mol. The quantitative estimate of drug-likeness (QED) is 0.604. The second-order valence-corrected chi connectivity index (χ2v) is 4.56. The topological polar surface area (TPSA) is 46.6 Å². The lowest BCUT2D eigenvalue weighted by Gasteiger charge is -2.18. The first-order valence-corrected chi connectivity index (χ1v) is 6.05. The van der Waals surface area contributed by atoms with E-state index >= 15 is 0 Å². The maximum absolute atomic E-state index is 11.5. The number of ether oxygens (including phenoxy) is 1. The minimum absolute atomic E-state index is 0.0561. The summed E-state index contributed by atoms with van der Waals surface area (Å²) in [4.78, 5) is 24.9. The van der Waals surface area contributed by atoms with Gasteiger partial charge in [-0.1, -0.05) is 12.1 Å². The molecule has 0 aliphatic carbocycles. The van der Waals surface area contributed by atoms with Gasteiger partial charge in [0.05, 0.1) is 13.0 Å². The lowest BCUT2D eigenvalue weighted by Crippen LogP contribution is -2.23. The molecule has 1 saturated heterocycles. The lowest BCUT2D eigenvalue weighted by molar-refractivity contribution is -0.144. The Kier molecular flexibility index (Phi) is 3.65. The Hall–Kier alpha value is -1.84. The molecule has 0 radical (unpaired) electrons. The fourth-order valence-corrected chi connectivity index (χ4v) is 2.28. The zero-order valence-corrected chi connectivity index (χ0v) is 10.7. The number of methoxy groups -OCH3 is 1. The van der Waals surface area contributed by atoms with Crippen molar-refractivity contribution in [1.29, 1.82) is 0 Å². The number of nitrogens with zero attached hydrogens (tertiary/aromatic N) is 1. The molecular weight excluding hydrogens is 230 g/mol. The van der Waals surface area contributed by atoms with Gasteiger partial charge in [-0.25, -0.2) is 0 Å². The van der Waals surface area contributed by atoms with Crippen LogP contribution in [0.5, 0.6) is 0 Å². The fourth-order valence-electron chi connectivity index (χ4n) is 2.28. The zero-order valence-electron chi connectivity index (χ0n) is 10.7. The molecule has 1 unspecified atom stereocenters. The van der Waals surface area contributed by atoms with Gasteiger partial charge in [-0.05, 0) is 25.5 Å². The molecule has 0 N–H and O–H groups in total. The fraction of sp³-hybridized carbons (Fsp3) is 0.429. The SMILES string of the molecule is COC(=O)C1CCN(c2cccc(C(C)=O)c2)C1. The highest BCUT2D eigenvalue weighted by Crippen LogP contribution is 2.25. The summed E-state index contributed by atoms with van der Waals surface area (Å²) in [6, 6.07) is 7.52. The van der Waals surface area contributed by atoms with Crippen LogP contribution >= 0.6 is 0 Å². The van der Waals surface area contributed by atoms with E-state index in [1.165, 1.54) is 7.11 Å². The number of esters is 1. The lowest BCUT2D eigenvalue weighted by atomic mass is 10.1. The van der Waals surface area contributed by atoms with Crippen molar-refractivity contribution in [3.05, 3.63) is 29.8 Å². The first kappa shape index (κ1) is 12.6. The Balaban J connectivity index is 2.12. The smallest absolute Gasteiger partial charge is 0.310 e. The van der Waals surface area contributed by atoms with Crippen LogP contribution in [-0.4, -0.2) is 32.0 Å². The molecule has 96 valence electrons. The highest BCUT2D eigenvalue weighted by molar-refractivity contribution is 5.95. The summed E-state index contributed by atoms with van der Waals surface area (Å²) in [7, 11) is 1.42. The Bertz CT molecular complexity index is 470. The number of ketones is 1. The molecule has 0 spiro atoms. The summed E-state index contributed by atoms with van der Waals surface area (Å²) in [5.41, 5.74) is 1.70. The molecule has 0 amide bonds. The average Bonchev–Trinajstić information content (AvgIpc) is 2.87. The van der Waals surface area contributed by atoms with Crippen molar-refractivity contribution < 1.29 is 14.3 Å². The van der Waals surface area contributed by atoms with E-state index in [4.69, 9.17) is 4.74 Å². The van der Waals surface area contributed by atoms with Crippen LogP contribution in [0.3, 0.4) is 0 Å². The Labute approximate surface area is 107 Å². The molecular formula is C14H17NO3. The van der Waals surface area contributed by atoms with Gasteiger partial charge in [0.25, 0.3) is 0 Å². The Morgan fingerprint density at radius 3 is 2.83 bits per heavy atom. The van der Waals surface area contributed by atoms with Crippen LogP contribution in [0.2, 0.25) is 0 Å². The summed E-state index contributed by atoms with van der Waals surface area (Å²) in [5, 5.41) is 0. The molecule has 1 aromatic rings. The van der Waals surface area contributed by atoms with Gasteiger partial charge in [0.15, 0.2) is 5.78 Å². The van der Waals surface area contributed by atoms with Gasteiger partial charge in [0.1, 0.15) is 0 Å². The highest BCUT2D eigenvalue weighted by Gasteiger charge is 2.29. The Morgan fingerprint density at radius 2 is 2.17 bits per heavy atom. The van der Waals surface area contributed by atoms with Gasteiger partial charge in [-0.2, -0.15) is 0 Å². The number of hydrogen-bond donors (Lipinski definition) is 0. The zero-order chi connectivity index (χ0) is 13.1. The monoisotopic (exact) mass is 247 g/mol. The number of Topliss-reactive ketones (excluding diaryl/α,β-unsaturated/α-hetero) is 1. The summed E-state index contributed by atoms with van der Waals surface area (Å²) < 4.78 is 4.76. The van der Waals surface area contributed by atoms with Gasteiger partial charge >= 0.3 is 5.97 Å². The van der Waals surface area contributed by atoms with Crippen LogP contribution in [0.25, 0.3) is 0 Å². The molecule has 0 saturated carbocycles. The van der Waals surface area contributed by atoms with Gasteiger partial charge < -0.3 is 9.64 Å². The van der Waals surface area contributed by atoms with E-state index in [0.717, 1.165) is 18.7 Å². The van der Waals surface area contributed by atoms with Crippen molar-refractivity contribution in [3.8, 4) is 0 Å². The van der Waals surface area contributed by atoms with E-state index in [1.54, 1.807) is 13.0 Å². The molecule has 1 aromatic carbocycles. The number of carbonyl (C=O) groups excluding carboxylic acids is 2. The van der Waals surface area contributed by atoms with Crippen LogP contribution in [0.15, 0.2) is 24.3 Å². The molecule has 2 rings (SSSR count). The first-order chi connectivity index (χ1) is 8.61. The van der Waals surface area contributed by atoms with Gasteiger partial charge in [-0.15, -0.1) is 0 Å². The molecule has 18 heavy (non-hydrogen) atoms. The summed E-state index contributed by atoms with van der Waals surface area (Å²) in [5.74, 6) is -0.156. The van der Waals surface area contributed by atoms with Crippen molar-refractivity contribution in [2.24, 2.45) is 5.92 Å². The number of anilines is 1. The number of hydrogen-bond acceptors (Lipinski definition) is 4. The van der Waals surface area contributed by atoms with Crippen molar-refractivity contribution in [2.75, 3.05) is 25.1 Å². The van der Waals surface area contributed by atoms with Gasteiger partial charge in [0.2, 0.25) is 0 Å². The van der Waals surface area contributed by atoms with Crippen LogP contribution in [0, 0.1) is 5.92 Å². The van der Waals surface area contributed by atoms with Crippen LogP contribution in [0.4, 0.5) is 5.69 Å². The van der Waals surface area contributed by atoms with E-state index < -0.39 is 0 Å². The molecule has 1 aliphatic rings. The highest BCUT2D eigenvalue weighted by atomic mass is 16.5.